The van der Waals surface area contributed by atoms with E-state index in [1.807, 2.05) is 6.07 Å². The fourth-order valence-electron chi connectivity index (χ4n) is 1.81. The third kappa shape index (κ3) is 3.77. The number of benzene rings is 2. The summed E-state index contributed by atoms with van der Waals surface area (Å²) in [6, 6.07) is 19.1. The van der Waals surface area contributed by atoms with Gasteiger partial charge in [0.25, 0.3) is 0 Å². The van der Waals surface area contributed by atoms with Crippen molar-refractivity contribution in [3.63, 3.8) is 0 Å². The maximum absolute atomic E-state index is 2.19. The number of hydrogen-bond acceptors (Lipinski definition) is 1. The average molecular weight is 237 g/mol. The summed E-state index contributed by atoms with van der Waals surface area (Å²) in [5, 5.41) is 0. The molecule has 0 radical (unpaired) electrons. The lowest BCUT2D eigenvalue weighted by molar-refractivity contribution is 0.453. The zero-order chi connectivity index (χ0) is 12.8. The van der Waals surface area contributed by atoms with Crippen LogP contribution in [0.2, 0.25) is 0 Å². The van der Waals surface area contributed by atoms with Gasteiger partial charge in [-0.1, -0.05) is 60.2 Å². The highest BCUT2D eigenvalue weighted by molar-refractivity contribution is 5.49. The molecule has 18 heavy (non-hydrogen) atoms. The van der Waals surface area contributed by atoms with Gasteiger partial charge in [0.2, 0.25) is 0 Å². The van der Waals surface area contributed by atoms with Gasteiger partial charge >= 0.3 is 0 Å². The van der Waals surface area contributed by atoms with E-state index in [2.05, 4.69) is 79.7 Å². The molecular weight excluding hydrogens is 218 g/mol. The van der Waals surface area contributed by atoms with Crippen LogP contribution in [0.25, 0.3) is 6.08 Å². The molecule has 0 spiro atoms. The van der Waals surface area contributed by atoms with E-state index < -0.39 is 0 Å². The molecular formula is C17H19N. The molecule has 0 saturated heterocycles. The lowest BCUT2D eigenvalue weighted by Gasteiger charge is -2.13. The van der Waals surface area contributed by atoms with Crippen molar-refractivity contribution in [3.05, 3.63) is 77.5 Å². The molecule has 0 atom stereocenters. The van der Waals surface area contributed by atoms with Crippen molar-refractivity contribution in [2.75, 3.05) is 7.05 Å². The molecule has 0 fully saturated rings. The third-order valence-corrected chi connectivity index (χ3v) is 2.87. The molecule has 2 aromatic rings. The summed E-state index contributed by atoms with van der Waals surface area (Å²) in [6.45, 7) is 3.04. The highest BCUT2D eigenvalue weighted by Gasteiger charge is 1.94. The Balaban J connectivity index is 1.95. The summed E-state index contributed by atoms with van der Waals surface area (Å²) >= 11 is 0. The van der Waals surface area contributed by atoms with Crippen LogP contribution in [0.1, 0.15) is 16.7 Å². The quantitative estimate of drug-likeness (QED) is 0.774. The molecule has 2 aromatic carbocycles. The Morgan fingerprint density at radius 1 is 0.944 bits per heavy atom. The molecule has 0 bridgehead atoms. The smallest absolute Gasteiger partial charge is 0.0420 e. The summed E-state index contributed by atoms with van der Waals surface area (Å²) in [6.07, 6.45) is 4.26. The van der Waals surface area contributed by atoms with Crippen LogP contribution in [0.5, 0.6) is 0 Å². The standard InChI is InChI=1S/C17H19N/c1-15-8-10-16(11-9-15)12-13-18(2)14-17-6-4-3-5-7-17/h3-13H,14H2,1-2H3/b13-12+. The van der Waals surface area contributed by atoms with Crippen LogP contribution in [0, 0.1) is 6.92 Å². The van der Waals surface area contributed by atoms with Crippen LogP contribution < -0.4 is 0 Å². The van der Waals surface area contributed by atoms with E-state index in [0.717, 1.165) is 6.54 Å². The van der Waals surface area contributed by atoms with Crippen LogP contribution in [0.3, 0.4) is 0 Å². The van der Waals surface area contributed by atoms with Crippen LogP contribution in [-0.2, 0) is 6.54 Å². The minimum atomic E-state index is 0.934. The van der Waals surface area contributed by atoms with E-state index in [0.29, 0.717) is 0 Å². The second-order valence-electron chi connectivity index (χ2n) is 4.63. The lowest BCUT2D eigenvalue weighted by atomic mass is 10.1. The Bertz CT molecular complexity index is 497. The molecule has 0 aliphatic rings. The number of hydrogen-bond donors (Lipinski definition) is 0. The van der Waals surface area contributed by atoms with Crippen LogP contribution in [0.15, 0.2) is 60.8 Å². The predicted molar refractivity (Wildman–Crippen MR) is 78.1 cm³/mol. The van der Waals surface area contributed by atoms with Crippen molar-refractivity contribution < 1.29 is 0 Å². The van der Waals surface area contributed by atoms with Crippen molar-refractivity contribution in [2.24, 2.45) is 0 Å². The first-order valence-corrected chi connectivity index (χ1v) is 6.23. The summed E-state index contributed by atoms with van der Waals surface area (Å²) in [5.41, 5.74) is 3.86. The molecule has 0 unspecified atom stereocenters. The Morgan fingerprint density at radius 2 is 1.61 bits per heavy atom. The molecule has 1 heteroatoms. The SMILES string of the molecule is Cc1ccc(/C=C/N(C)Cc2ccccc2)cc1. The first-order valence-electron chi connectivity index (χ1n) is 6.23. The second kappa shape index (κ2) is 6.06. The van der Waals surface area contributed by atoms with Gasteiger partial charge in [-0.15, -0.1) is 0 Å². The first kappa shape index (κ1) is 12.4. The second-order valence-corrected chi connectivity index (χ2v) is 4.63. The summed E-state index contributed by atoms with van der Waals surface area (Å²) in [5.74, 6) is 0. The third-order valence-electron chi connectivity index (χ3n) is 2.87. The van der Waals surface area contributed by atoms with Gasteiger partial charge in [0.05, 0.1) is 0 Å². The fraction of sp³-hybridized carbons (Fsp3) is 0.176. The molecule has 1 nitrogen and oxygen atoms in total. The van der Waals surface area contributed by atoms with E-state index in [-0.39, 0.29) is 0 Å². The molecule has 92 valence electrons. The van der Waals surface area contributed by atoms with E-state index in [4.69, 9.17) is 0 Å². The predicted octanol–water partition coefficient (Wildman–Crippen LogP) is 4.10. The van der Waals surface area contributed by atoms with Crippen molar-refractivity contribution in [1.82, 2.24) is 4.90 Å². The largest absolute Gasteiger partial charge is 0.376 e. The molecule has 0 aromatic heterocycles. The summed E-state index contributed by atoms with van der Waals surface area (Å²) in [4.78, 5) is 2.19. The minimum absolute atomic E-state index is 0.934. The number of aryl methyl sites for hydroxylation is 1. The van der Waals surface area contributed by atoms with Crippen molar-refractivity contribution in [1.29, 1.82) is 0 Å². The van der Waals surface area contributed by atoms with Gasteiger partial charge in [-0.05, 0) is 30.3 Å². The van der Waals surface area contributed by atoms with E-state index in [9.17, 15) is 0 Å². The van der Waals surface area contributed by atoms with Crippen LogP contribution >= 0.6 is 0 Å². The van der Waals surface area contributed by atoms with Gasteiger partial charge in [-0.25, -0.2) is 0 Å². The fourth-order valence-corrected chi connectivity index (χ4v) is 1.81. The van der Waals surface area contributed by atoms with Gasteiger partial charge in [0, 0.05) is 13.6 Å². The normalized spacial score (nSPS) is 10.8. The maximum Gasteiger partial charge on any atom is 0.0420 e. The molecule has 0 aliphatic carbocycles. The van der Waals surface area contributed by atoms with E-state index in [1.165, 1.54) is 16.7 Å². The van der Waals surface area contributed by atoms with Gasteiger partial charge in [0.1, 0.15) is 0 Å². The van der Waals surface area contributed by atoms with Gasteiger partial charge < -0.3 is 4.90 Å². The lowest BCUT2D eigenvalue weighted by Crippen LogP contribution is -2.09. The Labute approximate surface area is 109 Å². The Morgan fingerprint density at radius 3 is 2.28 bits per heavy atom. The zero-order valence-electron chi connectivity index (χ0n) is 11.0. The van der Waals surface area contributed by atoms with Gasteiger partial charge in [-0.2, -0.15) is 0 Å². The maximum atomic E-state index is 2.19. The molecule has 0 saturated carbocycles. The van der Waals surface area contributed by atoms with E-state index >= 15 is 0 Å². The highest BCUT2D eigenvalue weighted by Crippen LogP contribution is 2.07. The molecule has 0 amide bonds. The first-order chi connectivity index (χ1) is 8.74. The molecule has 0 N–H and O–H groups in total. The summed E-state index contributed by atoms with van der Waals surface area (Å²) in [7, 11) is 2.09. The summed E-state index contributed by atoms with van der Waals surface area (Å²) < 4.78 is 0. The molecule has 0 heterocycles. The Hall–Kier alpha value is -2.02. The van der Waals surface area contributed by atoms with Crippen LogP contribution in [-0.4, -0.2) is 11.9 Å². The average Bonchev–Trinajstić information content (AvgIpc) is 2.39. The van der Waals surface area contributed by atoms with Crippen molar-refractivity contribution in [2.45, 2.75) is 13.5 Å². The topological polar surface area (TPSA) is 3.24 Å². The van der Waals surface area contributed by atoms with Gasteiger partial charge in [-0.3, -0.25) is 0 Å². The monoisotopic (exact) mass is 237 g/mol. The van der Waals surface area contributed by atoms with E-state index in [1.54, 1.807) is 0 Å². The van der Waals surface area contributed by atoms with Gasteiger partial charge in [0.15, 0.2) is 0 Å². The Kier molecular flexibility index (Phi) is 4.19. The van der Waals surface area contributed by atoms with Crippen molar-refractivity contribution >= 4 is 6.08 Å². The molecule has 2 rings (SSSR count). The van der Waals surface area contributed by atoms with Crippen LogP contribution in [0.4, 0.5) is 0 Å². The van der Waals surface area contributed by atoms with Crippen molar-refractivity contribution in [3.8, 4) is 0 Å². The zero-order valence-corrected chi connectivity index (χ0v) is 11.0. The highest BCUT2D eigenvalue weighted by atomic mass is 15.1. The molecule has 0 aliphatic heterocycles. The minimum Gasteiger partial charge on any atom is -0.376 e. The number of rotatable bonds is 4. The number of nitrogens with zero attached hydrogens (tertiary/aromatic N) is 1.